The van der Waals surface area contributed by atoms with Crippen molar-refractivity contribution in [2.24, 2.45) is 5.73 Å². The van der Waals surface area contributed by atoms with Crippen LogP contribution >= 0.6 is 23.4 Å². The van der Waals surface area contributed by atoms with E-state index in [-0.39, 0.29) is 6.04 Å². The van der Waals surface area contributed by atoms with Crippen molar-refractivity contribution in [1.29, 1.82) is 0 Å². The first-order chi connectivity index (χ1) is 9.47. The predicted molar refractivity (Wildman–Crippen MR) is 89.8 cm³/mol. The highest BCUT2D eigenvalue weighted by atomic mass is 35.5. The van der Waals surface area contributed by atoms with Gasteiger partial charge in [-0.2, -0.15) is 0 Å². The van der Waals surface area contributed by atoms with Gasteiger partial charge in [0.15, 0.2) is 0 Å². The highest BCUT2D eigenvalue weighted by Gasteiger charge is 2.13. The summed E-state index contributed by atoms with van der Waals surface area (Å²) >= 11 is 7.66. The van der Waals surface area contributed by atoms with E-state index in [0.717, 1.165) is 10.8 Å². The standard InChI is InChI=1S/C17H20ClNS/c1-11-8-12(2)17(13(3)9-11)16(19)10-20-15-6-4-14(18)5-7-15/h4-9,16H,10,19H2,1-3H3. The van der Waals surface area contributed by atoms with Gasteiger partial charge < -0.3 is 5.73 Å². The molecule has 0 fully saturated rings. The molecular weight excluding hydrogens is 286 g/mol. The molecule has 1 atom stereocenters. The van der Waals surface area contributed by atoms with E-state index in [1.165, 1.54) is 27.1 Å². The molecule has 1 unspecified atom stereocenters. The third kappa shape index (κ3) is 3.78. The third-order valence-electron chi connectivity index (χ3n) is 3.35. The molecule has 0 aromatic heterocycles. The molecular formula is C17H20ClNS. The molecule has 2 aromatic carbocycles. The van der Waals surface area contributed by atoms with E-state index in [1.807, 2.05) is 24.3 Å². The van der Waals surface area contributed by atoms with Gasteiger partial charge in [-0.1, -0.05) is 29.3 Å². The lowest BCUT2D eigenvalue weighted by molar-refractivity contribution is 0.813. The normalized spacial score (nSPS) is 12.4. The van der Waals surface area contributed by atoms with Gasteiger partial charge in [0.1, 0.15) is 0 Å². The summed E-state index contributed by atoms with van der Waals surface area (Å²) in [6.45, 7) is 6.40. The van der Waals surface area contributed by atoms with Crippen molar-refractivity contribution in [3.05, 3.63) is 63.7 Å². The Balaban J connectivity index is 2.09. The Morgan fingerprint density at radius 3 is 2.15 bits per heavy atom. The molecule has 0 amide bonds. The molecule has 106 valence electrons. The summed E-state index contributed by atoms with van der Waals surface area (Å²) in [6.07, 6.45) is 0. The van der Waals surface area contributed by atoms with E-state index >= 15 is 0 Å². The number of rotatable bonds is 4. The monoisotopic (exact) mass is 305 g/mol. The van der Waals surface area contributed by atoms with E-state index in [0.29, 0.717) is 0 Å². The second-order valence-corrected chi connectivity index (χ2v) is 6.71. The number of hydrogen-bond acceptors (Lipinski definition) is 2. The highest BCUT2D eigenvalue weighted by Crippen LogP contribution is 2.28. The number of thioether (sulfide) groups is 1. The molecule has 0 saturated carbocycles. The minimum absolute atomic E-state index is 0.0521. The summed E-state index contributed by atoms with van der Waals surface area (Å²) in [5.41, 5.74) is 11.5. The van der Waals surface area contributed by atoms with Gasteiger partial charge in [-0.05, 0) is 61.7 Å². The Labute approximate surface area is 130 Å². The van der Waals surface area contributed by atoms with E-state index < -0.39 is 0 Å². The fourth-order valence-electron chi connectivity index (χ4n) is 2.58. The number of nitrogens with two attached hydrogens (primary N) is 1. The van der Waals surface area contributed by atoms with Gasteiger partial charge in [0.2, 0.25) is 0 Å². The van der Waals surface area contributed by atoms with E-state index in [9.17, 15) is 0 Å². The summed E-state index contributed by atoms with van der Waals surface area (Å²) < 4.78 is 0. The molecule has 0 saturated heterocycles. The molecule has 2 aromatic rings. The summed E-state index contributed by atoms with van der Waals surface area (Å²) in [5, 5.41) is 0.767. The van der Waals surface area contributed by atoms with Gasteiger partial charge in [0.05, 0.1) is 0 Å². The van der Waals surface area contributed by atoms with Crippen LogP contribution in [0.4, 0.5) is 0 Å². The molecule has 0 bridgehead atoms. The maximum absolute atomic E-state index is 6.38. The topological polar surface area (TPSA) is 26.0 Å². The lowest BCUT2D eigenvalue weighted by atomic mass is 9.95. The lowest BCUT2D eigenvalue weighted by Gasteiger charge is -2.18. The van der Waals surface area contributed by atoms with Crippen LogP contribution in [0.15, 0.2) is 41.3 Å². The van der Waals surface area contributed by atoms with Gasteiger partial charge in [-0.15, -0.1) is 11.8 Å². The molecule has 0 aliphatic rings. The smallest absolute Gasteiger partial charge is 0.0406 e. The van der Waals surface area contributed by atoms with Crippen molar-refractivity contribution in [3.8, 4) is 0 Å². The second-order valence-electron chi connectivity index (χ2n) is 5.18. The number of halogens is 1. The van der Waals surface area contributed by atoms with Gasteiger partial charge in [0, 0.05) is 21.7 Å². The first-order valence-electron chi connectivity index (χ1n) is 6.69. The van der Waals surface area contributed by atoms with Gasteiger partial charge >= 0.3 is 0 Å². The summed E-state index contributed by atoms with van der Waals surface area (Å²) in [7, 11) is 0. The molecule has 0 spiro atoms. The zero-order valence-electron chi connectivity index (χ0n) is 12.1. The Hall–Kier alpha value is -0.960. The average Bonchev–Trinajstić information content (AvgIpc) is 2.37. The molecule has 20 heavy (non-hydrogen) atoms. The highest BCUT2D eigenvalue weighted by molar-refractivity contribution is 7.99. The zero-order valence-corrected chi connectivity index (χ0v) is 13.7. The van der Waals surface area contributed by atoms with Crippen LogP contribution in [-0.4, -0.2) is 5.75 Å². The van der Waals surface area contributed by atoms with Gasteiger partial charge in [0.25, 0.3) is 0 Å². The van der Waals surface area contributed by atoms with Crippen LogP contribution < -0.4 is 5.73 Å². The second kappa shape index (κ2) is 6.66. The molecule has 0 aliphatic carbocycles. The summed E-state index contributed by atoms with van der Waals surface area (Å²) in [6, 6.07) is 12.4. The maximum atomic E-state index is 6.38. The van der Waals surface area contributed by atoms with Crippen molar-refractivity contribution in [2.75, 3.05) is 5.75 Å². The van der Waals surface area contributed by atoms with Crippen LogP contribution in [0.3, 0.4) is 0 Å². The summed E-state index contributed by atoms with van der Waals surface area (Å²) in [4.78, 5) is 1.20. The van der Waals surface area contributed by atoms with Crippen molar-refractivity contribution in [2.45, 2.75) is 31.7 Å². The van der Waals surface area contributed by atoms with E-state index in [1.54, 1.807) is 11.8 Å². The SMILES string of the molecule is Cc1cc(C)c(C(N)CSc2ccc(Cl)cc2)c(C)c1. The summed E-state index contributed by atoms with van der Waals surface area (Å²) in [5.74, 6) is 0.867. The lowest BCUT2D eigenvalue weighted by Crippen LogP contribution is -2.16. The van der Waals surface area contributed by atoms with E-state index in [4.69, 9.17) is 17.3 Å². The minimum Gasteiger partial charge on any atom is -0.323 e. The van der Waals surface area contributed by atoms with Crippen LogP contribution in [0.1, 0.15) is 28.3 Å². The van der Waals surface area contributed by atoms with Crippen molar-refractivity contribution < 1.29 is 0 Å². The maximum Gasteiger partial charge on any atom is 0.0406 e. The molecule has 0 heterocycles. The average molecular weight is 306 g/mol. The van der Waals surface area contributed by atoms with Crippen molar-refractivity contribution >= 4 is 23.4 Å². The largest absolute Gasteiger partial charge is 0.323 e. The van der Waals surface area contributed by atoms with Crippen LogP contribution in [-0.2, 0) is 0 Å². The fraction of sp³-hybridized carbons (Fsp3) is 0.294. The molecule has 2 rings (SSSR count). The first kappa shape index (κ1) is 15.4. The Morgan fingerprint density at radius 1 is 1.05 bits per heavy atom. The Kier molecular flexibility index (Phi) is 5.14. The fourth-order valence-corrected chi connectivity index (χ4v) is 3.57. The Morgan fingerprint density at radius 2 is 1.60 bits per heavy atom. The molecule has 1 nitrogen and oxygen atoms in total. The van der Waals surface area contributed by atoms with Crippen molar-refractivity contribution in [3.63, 3.8) is 0 Å². The number of hydrogen-bond donors (Lipinski definition) is 1. The molecule has 3 heteroatoms. The zero-order chi connectivity index (χ0) is 14.7. The first-order valence-corrected chi connectivity index (χ1v) is 8.05. The number of benzene rings is 2. The number of aryl methyl sites for hydroxylation is 3. The molecule has 0 aliphatic heterocycles. The van der Waals surface area contributed by atoms with Crippen LogP contribution in [0, 0.1) is 20.8 Å². The third-order valence-corrected chi connectivity index (χ3v) is 4.74. The molecule has 0 radical (unpaired) electrons. The van der Waals surface area contributed by atoms with Crippen LogP contribution in [0.5, 0.6) is 0 Å². The predicted octanol–water partition coefficient (Wildman–Crippen LogP) is 5.06. The quantitative estimate of drug-likeness (QED) is 0.799. The molecule has 2 N–H and O–H groups in total. The van der Waals surface area contributed by atoms with Crippen molar-refractivity contribution in [1.82, 2.24) is 0 Å². The Bertz CT molecular complexity index is 569. The van der Waals surface area contributed by atoms with Gasteiger partial charge in [-0.3, -0.25) is 0 Å². The van der Waals surface area contributed by atoms with Crippen LogP contribution in [0.25, 0.3) is 0 Å². The van der Waals surface area contributed by atoms with Gasteiger partial charge in [-0.25, -0.2) is 0 Å². The van der Waals surface area contributed by atoms with Crippen LogP contribution in [0.2, 0.25) is 5.02 Å². The van der Waals surface area contributed by atoms with E-state index in [2.05, 4.69) is 32.9 Å². The minimum atomic E-state index is 0.0521.